The number of nitrogens with one attached hydrogen (secondary N) is 1. The van der Waals surface area contributed by atoms with Crippen LogP contribution in [0.4, 0.5) is 10.1 Å². The summed E-state index contributed by atoms with van der Waals surface area (Å²) in [4.78, 5) is 0.111. The van der Waals surface area contributed by atoms with Crippen LogP contribution >= 0.6 is 0 Å². The maximum atomic E-state index is 13.5. The smallest absolute Gasteiger partial charge is 0.279 e. The van der Waals surface area contributed by atoms with Gasteiger partial charge in [-0.2, -0.15) is 17.9 Å². The van der Waals surface area contributed by atoms with E-state index < -0.39 is 31.9 Å². The topological polar surface area (TPSA) is 95.9 Å². The Hall–Kier alpha value is -3.24. The Bertz CT molecular complexity index is 1420. The maximum absolute atomic E-state index is 13.5. The van der Waals surface area contributed by atoms with E-state index in [2.05, 4.69) is 9.82 Å². The highest BCUT2D eigenvalue weighted by molar-refractivity contribution is 7.92. The summed E-state index contributed by atoms with van der Waals surface area (Å²) in [5.74, 6) is -0.465. The minimum absolute atomic E-state index is 0.0490. The number of hydrogen-bond acceptors (Lipinski definition) is 5. The van der Waals surface area contributed by atoms with E-state index in [0.29, 0.717) is 22.5 Å². The van der Waals surface area contributed by atoms with Crippen LogP contribution in [0.3, 0.4) is 0 Å². The standard InChI is InChI=1S/C24H24FN3O4S2/c1-3-33(29,30)27-21-12-8-18(9-13-21)23-16-24(19-6-10-20(25)11-7-19)28(26-23)34(31,32)22-14-4-17(2)5-15-22/h4-15,24,27H,3,16H2,1-2H3/t24-/m0/s1. The SMILES string of the molecule is CCS(=O)(=O)Nc1ccc(C2=NN(S(=O)(=O)c3ccc(C)cc3)[C@H](c3ccc(F)cc3)C2)cc1. The number of rotatable bonds is 7. The fraction of sp³-hybridized carbons (Fsp3) is 0.208. The number of sulfonamides is 2. The third-order valence-electron chi connectivity index (χ3n) is 5.56. The number of aryl methyl sites for hydroxylation is 1. The lowest BCUT2D eigenvalue weighted by molar-refractivity contribution is 0.371. The third kappa shape index (κ3) is 4.97. The summed E-state index contributed by atoms with van der Waals surface area (Å²) in [6.07, 6.45) is 0.275. The zero-order valence-electron chi connectivity index (χ0n) is 18.6. The molecule has 7 nitrogen and oxygen atoms in total. The van der Waals surface area contributed by atoms with E-state index in [4.69, 9.17) is 0 Å². The summed E-state index contributed by atoms with van der Waals surface area (Å²) in [5.41, 5.74) is 3.13. The second-order valence-electron chi connectivity index (χ2n) is 7.99. The molecular formula is C24H24FN3O4S2. The molecule has 0 saturated heterocycles. The van der Waals surface area contributed by atoms with Gasteiger partial charge in [-0.05, 0) is 61.4 Å². The fourth-order valence-electron chi connectivity index (χ4n) is 3.62. The molecule has 0 saturated carbocycles. The zero-order valence-corrected chi connectivity index (χ0v) is 20.3. The number of anilines is 1. The number of hydrogen-bond donors (Lipinski definition) is 1. The summed E-state index contributed by atoms with van der Waals surface area (Å²) in [6.45, 7) is 3.41. The van der Waals surface area contributed by atoms with Gasteiger partial charge in [0.2, 0.25) is 10.0 Å². The van der Waals surface area contributed by atoms with Gasteiger partial charge in [0.15, 0.2) is 0 Å². The molecule has 1 heterocycles. The molecule has 178 valence electrons. The highest BCUT2D eigenvalue weighted by atomic mass is 32.2. The van der Waals surface area contributed by atoms with Crippen LogP contribution in [-0.4, -0.2) is 32.7 Å². The molecular weight excluding hydrogens is 477 g/mol. The van der Waals surface area contributed by atoms with E-state index in [1.807, 2.05) is 6.92 Å². The van der Waals surface area contributed by atoms with Crippen LogP contribution in [0.5, 0.6) is 0 Å². The molecule has 0 bridgehead atoms. The van der Waals surface area contributed by atoms with Gasteiger partial charge in [0.25, 0.3) is 10.0 Å². The van der Waals surface area contributed by atoms with E-state index in [1.54, 1.807) is 55.5 Å². The molecule has 3 aromatic rings. The first kappa shape index (κ1) is 23.9. The van der Waals surface area contributed by atoms with E-state index in [0.717, 1.165) is 9.98 Å². The predicted octanol–water partition coefficient (Wildman–Crippen LogP) is 4.44. The minimum atomic E-state index is -3.98. The van der Waals surface area contributed by atoms with Crippen molar-refractivity contribution in [3.63, 3.8) is 0 Å². The lowest BCUT2D eigenvalue weighted by atomic mass is 9.99. The summed E-state index contributed by atoms with van der Waals surface area (Å²) < 4.78 is 67.7. The van der Waals surface area contributed by atoms with Crippen LogP contribution in [0.2, 0.25) is 0 Å². The van der Waals surface area contributed by atoms with Gasteiger partial charge in [-0.1, -0.05) is 42.0 Å². The molecule has 3 aromatic carbocycles. The average Bonchev–Trinajstić information content (AvgIpc) is 3.26. The molecule has 0 aromatic heterocycles. The Morgan fingerprint density at radius 2 is 1.56 bits per heavy atom. The molecule has 0 fully saturated rings. The monoisotopic (exact) mass is 501 g/mol. The first-order valence-corrected chi connectivity index (χ1v) is 13.7. The Morgan fingerprint density at radius 3 is 2.15 bits per heavy atom. The highest BCUT2D eigenvalue weighted by Gasteiger charge is 2.37. The van der Waals surface area contributed by atoms with Crippen molar-refractivity contribution >= 4 is 31.4 Å². The lowest BCUT2D eigenvalue weighted by Crippen LogP contribution is -2.27. The van der Waals surface area contributed by atoms with Crippen LogP contribution in [0.25, 0.3) is 0 Å². The molecule has 0 spiro atoms. The summed E-state index contributed by atoms with van der Waals surface area (Å²) in [5, 5.41) is 4.46. The first-order chi connectivity index (χ1) is 16.1. The second-order valence-corrected chi connectivity index (χ2v) is 11.8. The van der Waals surface area contributed by atoms with Gasteiger partial charge in [0.1, 0.15) is 5.82 Å². The van der Waals surface area contributed by atoms with E-state index >= 15 is 0 Å². The third-order valence-corrected chi connectivity index (χ3v) is 8.57. The van der Waals surface area contributed by atoms with Gasteiger partial charge in [0.05, 0.1) is 22.4 Å². The Kier molecular flexibility index (Phi) is 6.46. The summed E-state index contributed by atoms with van der Waals surface area (Å²) in [6, 6.07) is 18.1. The molecule has 4 rings (SSSR count). The predicted molar refractivity (Wildman–Crippen MR) is 130 cm³/mol. The van der Waals surface area contributed by atoms with Crippen molar-refractivity contribution in [2.24, 2.45) is 5.10 Å². The van der Waals surface area contributed by atoms with Crippen LogP contribution < -0.4 is 4.72 Å². The van der Waals surface area contributed by atoms with Crippen molar-refractivity contribution in [1.29, 1.82) is 0 Å². The molecule has 1 N–H and O–H groups in total. The molecule has 10 heteroatoms. The van der Waals surface area contributed by atoms with Crippen molar-refractivity contribution in [3.8, 4) is 0 Å². The van der Waals surface area contributed by atoms with Crippen molar-refractivity contribution in [3.05, 3.63) is 95.3 Å². The lowest BCUT2D eigenvalue weighted by Gasteiger charge is -2.23. The number of benzene rings is 3. The number of halogens is 1. The van der Waals surface area contributed by atoms with Gasteiger partial charge in [-0.15, -0.1) is 0 Å². The Balaban J connectivity index is 1.71. The molecule has 34 heavy (non-hydrogen) atoms. The van der Waals surface area contributed by atoms with Crippen molar-refractivity contribution in [2.75, 3.05) is 10.5 Å². The van der Waals surface area contributed by atoms with E-state index in [1.165, 1.54) is 24.3 Å². The molecule has 0 amide bonds. The van der Waals surface area contributed by atoms with Crippen LogP contribution in [0.15, 0.2) is 82.8 Å². The molecule has 0 radical (unpaired) electrons. The number of hydrazone groups is 1. The van der Waals surface area contributed by atoms with Crippen LogP contribution in [-0.2, 0) is 20.0 Å². The van der Waals surface area contributed by atoms with Crippen molar-refractivity contribution in [2.45, 2.75) is 31.2 Å². The second kappa shape index (κ2) is 9.19. The van der Waals surface area contributed by atoms with Gasteiger partial charge in [-0.25, -0.2) is 12.8 Å². The van der Waals surface area contributed by atoms with Crippen molar-refractivity contribution < 1.29 is 21.2 Å². The van der Waals surface area contributed by atoms with Gasteiger partial charge >= 0.3 is 0 Å². The molecule has 1 aliphatic rings. The first-order valence-electron chi connectivity index (χ1n) is 10.6. The summed E-state index contributed by atoms with van der Waals surface area (Å²) >= 11 is 0. The van der Waals surface area contributed by atoms with Gasteiger partial charge in [-0.3, -0.25) is 4.72 Å². The zero-order chi connectivity index (χ0) is 24.5. The molecule has 0 aliphatic carbocycles. The largest absolute Gasteiger partial charge is 0.284 e. The van der Waals surface area contributed by atoms with Crippen LogP contribution in [0, 0.1) is 12.7 Å². The summed E-state index contributed by atoms with van der Waals surface area (Å²) in [7, 11) is -7.39. The average molecular weight is 502 g/mol. The maximum Gasteiger partial charge on any atom is 0.279 e. The van der Waals surface area contributed by atoms with E-state index in [-0.39, 0.29) is 17.1 Å². The quantitative estimate of drug-likeness (QED) is 0.518. The van der Waals surface area contributed by atoms with Crippen molar-refractivity contribution in [1.82, 2.24) is 4.41 Å². The van der Waals surface area contributed by atoms with E-state index in [9.17, 15) is 21.2 Å². The van der Waals surface area contributed by atoms with Gasteiger partial charge < -0.3 is 0 Å². The molecule has 1 aliphatic heterocycles. The normalized spacial score (nSPS) is 16.4. The van der Waals surface area contributed by atoms with Crippen LogP contribution in [0.1, 0.15) is 36.1 Å². The fourth-order valence-corrected chi connectivity index (χ4v) is 5.69. The molecule has 0 unspecified atom stereocenters. The molecule has 1 atom stereocenters. The van der Waals surface area contributed by atoms with Gasteiger partial charge in [0, 0.05) is 12.1 Å². The Morgan fingerprint density at radius 1 is 0.941 bits per heavy atom. The highest BCUT2D eigenvalue weighted by Crippen LogP contribution is 2.37. The minimum Gasteiger partial charge on any atom is -0.284 e. The Labute approximate surface area is 199 Å². The number of nitrogens with zero attached hydrogens (tertiary/aromatic N) is 2.